The van der Waals surface area contributed by atoms with Gasteiger partial charge in [0.1, 0.15) is 11.6 Å². The lowest BCUT2D eigenvalue weighted by Gasteiger charge is -2.27. The van der Waals surface area contributed by atoms with E-state index in [-0.39, 0.29) is 23.9 Å². The molecule has 3 fully saturated rings. The molecule has 0 unspecified atom stereocenters. The highest BCUT2D eigenvalue weighted by atomic mass is 16.2. The Hall–Kier alpha value is -4.46. The van der Waals surface area contributed by atoms with E-state index in [9.17, 15) is 9.59 Å². The zero-order chi connectivity index (χ0) is 31.7. The van der Waals surface area contributed by atoms with Gasteiger partial charge in [-0.15, -0.1) is 0 Å². The number of piperidine rings is 1. The molecular weight excluding hydrogens is 572 g/mol. The zero-order valence-corrected chi connectivity index (χ0v) is 27.0. The number of carbonyl (C=O) groups is 2. The summed E-state index contributed by atoms with van der Waals surface area (Å²) in [5.41, 5.74) is 7.52. The average Bonchev–Trinajstić information content (AvgIpc) is 3.63. The van der Waals surface area contributed by atoms with Crippen LogP contribution in [0.25, 0.3) is 33.6 Å². The number of imidazole rings is 2. The maximum atomic E-state index is 13.0. The van der Waals surface area contributed by atoms with E-state index in [2.05, 4.69) is 97.2 Å². The molecule has 8 rings (SSSR count). The Balaban J connectivity index is 0.941. The Bertz CT molecular complexity index is 1810. The van der Waals surface area contributed by atoms with Crippen molar-refractivity contribution in [1.29, 1.82) is 0 Å². The monoisotopic (exact) mass is 614 g/mol. The van der Waals surface area contributed by atoms with E-state index in [1.54, 1.807) is 0 Å². The van der Waals surface area contributed by atoms with E-state index in [1.165, 1.54) is 5.70 Å². The summed E-state index contributed by atoms with van der Waals surface area (Å²) in [5.74, 6) is 3.95. The highest BCUT2D eigenvalue weighted by molar-refractivity contribution is 5.81. The SMILES string of the molecule is CC(C)CC(=O)N1C2=C[C@@H]2C[C@H]1c1ncc(-c2ccc(-c3ccc(-c4cnc([C@@H]5C[C@H]6C[C@H]6N5C(=O)CC(C)C)[nH]4)cc3)cc2)[nH]1. The number of H-pyrrole nitrogens is 2. The quantitative estimate of drug-likeness (QED) is 0.202. The number of fused-ring (bicyclic) bond motifs is 2. The van der Waals surface area contributed by atoms with Crippen LogP contribution in [-0.4, -0.2) is 47.6 Å². The fourth-order valence-corrected chi connectivity index (χ4v) is 7.63. The van der Waals surface area contributed by atoms with Crippen LogP contribution in [0.3, 0.4) is 0 Å². The standard InChI is InChI=1S/C38H42N6O2/c1-21(2)13-35(45)43-31-15-27(31)17-33(43)37-39-19-29(41-37)25-9-5-23(6-10-25)24-7-11-26(12-8-24)30-20-40-38(42-30)34-18-28-16-32(28)44(34)36(46)14-22(3)4/h5-12,15,19-22,27-28,32-34H,13-14,16-18H2,1-4H3,(H,39,41)(H,40,42)/t27-,28-,32-,33+,34+/m1/s1. The molecule has 0 bridgehead atoms. The predicted octanol–water partition coefficient (Wildman–Crippen LogP) is 7.68. The van der Waals surface area contributed by atoms with E-state index in [4.69, 9.17) is 9.97 Å². The first-order chi connectivity index (χ1) is 22.2. The summed E-state index contributed by atoms with van der Waals surface area (Å²) in [6, 6.07) is 17.5. The van der Waals surface area contributed by atoms with Crippen molar-refractivity contribution >= 4 is 11.8 Å². The molecule has 2 amide bonds. The number of nitrogens with zero attached hydrogens (tertiary/aromatic N) is 4. The smallest absolute Gasteiger partial charge is 0.227 e. The highest BCUT2D eigenvalue weighted by Crippen LogP contribution is 2.54. The molecule has 2 N–H and O–H groups in total. The number of likely N-dealkylation sites (tertiary alicyclic amines) is 2. The van der Waals surface area contributed by atoms with Crippen molar-refractivity contribution < 1.29 is 9.59 Å². The number of aromatic nitrogens is 4. The van der Waals surface area contributed by atoms with Gasteiger partial charge in [-0.3, -0.25) is 9.59 Å². The van der Waals surface area contributed by atoms with E-state index in [1.807, 2.05) is 17.3 Å². The van der Waals surface area contributed by atoms with Gasteiger partial charge in [-0.25, -0.2) is 9.97 Å². The van der Waals surface area contributed by atoms with E-state index in [0.29, 0.717) is 42.6 Å². The first-order valence-corrected chi connectivity index (χ1v) is 16.9. The van der Waals surface area contributed by atoms with Crippen molar-refractivity contribution in [3.8, 4) is 33.6 Å². The summed E-state index contributed by atoms with van der Waals surface area (Å²) in [7, 11) is 0. The Morgan fingerprint density at radius 2 is 1.24 bits per heavy atom. The third-order valence-corrected chi connectivity index (χ3v) is 10.1. The third-order valence-electron chi connectivity index (χ3n) is 10.1. The molecular formula is C38H42N6O2. The summed E-state index contributed by atoms with van der Waals surface area (Å²) in [5, 5.41) is 0. The number of amides is 2. The zero-order valence-electron chi connectivity index (χ0n) is 27.0. The minimum atomic E-state index is -0.0104. The molecule has 4 aromatic rings. The third kappa shape index (κ3) is 5.27. The number of nitrogens with one attached hydrogen (secondary N) is 2. The lowest BCUT2D eigenvalue weighted by molar-refractivity contribution is -0.134. The van der Waals surface area contributed by atoms with Gasteiger partial charge in [0.25, 0.3) is 0 Å². The molecule has 8 heteroatoms. The largest absolute Gasteiger partial charge is 0.340 e. The molecule has 46 heavy (non-hydrogen) atoms. The fraction of sp³-hybridized carbons (Fsp3) is 0.421. The average molecular weight is 615 g/mol. The van der Waals surface area contributed by atoms with Crippen LogP contribution in [0.15, 0.2) is 72.7 Å². The minimum absolute atomic E-state index is 0.0104. The highest BCUT2D eigenvalue weighted by Gasteiger charge is 2.55. The number of rotatable bonds is 9. The van der Waals surface area contributed by atoms with Gasteiger partial charge >= 0.3 is 0 Å². The first kappa shape index (κ1) is 29.0. The van der Waals surface area contributed by atoms with Crippen LogP contribution < -0.4 is 0 Å². The van der Waals surface area contributed by atoms with Gasteiger partial charge < -0.3 is 19.8 Å². The summed E-state index contributed by atoms with van der Waals surface area (Å²) >= 11 is 0. The second-order valence-corrected chi connectivity index (χ2v) is 14.5. The van der Waals surface area contributed by atoms with Gasteiger partial charge in [0.05, 0.1) is 35.9 Å². The van der Waals surface area contributed by atoms with Crippen LogP contribution in [0.1, 0.15) is 83.5 Å². The van der Waals surface area contributed by atoms with Gasteiger partial charge in [0.15, 0.2) is 0 Å². The van der Waals surface area contributed by atoms with Crippen LogP contribution >= 0.6 is 0 Å². The Morgan fingerprint density at radius 3 is 1.80 bits per heavy atom. The van der Waals surface area contributed by atoms with Crippen molar-refractivity contribution in [2.75, 3.05) is 0 Å². The molecule has 0 spiro atoms. The topological polar surface area (TPSA) is 98.0 Å². The molecule has 4 aliphatic rings. The lowest BCUT2D eigenvalue weighted by atomic mass is 10.0. The number of hydrogen-bond donors (Lipinski definition) is 2. The van der Waals surface area contributed by atoms with E-state index in [0.717, 1.165) is 64.6 Å². The number of allylic oxidation sites excluding steroid dienone is 2. The molecule has 2 aliphatic carbocycles. The van der Waals surface area contributed by atoms with Gasteiger partial charge in [0, 0.05) is 30.5 Å². The molecule has 2 saturated heterocycles. The van der Waals surface area contributed by atoms with Crippen molar-refractivity contribution in [3.05, 3.63) is 84.3 Å². The van der Waals surface area contributed by atoms with Crippen molar-refractivity contribution in [2.24, 2.45) is 23.7 Å². The normalized spacial score (nSPS) is 24.4. The maximum absolute atomic E-state index is 13.0. The van der Waals surface area contributed by atoms with Crippen molar-refractivity contribution in [2.45, 2.75) is 77.9 Å². The maximum Gasteiger partial charge on any atom is 0.227 e. The molecule has 0 radical (unpaired) electrons. The molecule has 2 aromatic carbocycles. The van der Waals surface area contributed by atoms with Crippen LogP contribution in [-0.2, 0) is 9.59 Å². The minimum Gasteiger partial charge on any atom is -0.340 e. The number of hydrogen-bond acceptors (Lipinski definition) is 4. The summed E-state index contributed by atoms with van der Waals surface area (Å²) in [6.07, 6.45) is 10.2. The second-order valence-electron chi connectivity index (χ2n) is 14.5. The number of carbonyl (C=O) groups excluding carboxylic acids is 2. The van der Waals surface area contributed by atoms with E-state index < -0.39 is 0 Å². The van der Waals surface area contributed by atoms with Gasteiger partial charge in [0.2, 0.25) is 11.8 Å². The molecule has 8 nitrogen and oxygen atoms in total. The Labute approximate surface area is 270 Å². The lowest BCUT2D eigenvalue weighted by Crippen LogP contribution is -2.34. The molecule has 4 heterocycles. The molecule has 2 aromatic heterocycles. The van der Waals surface area contributed by atoms with Crippen LogP contribution in [0.2, 0.25) is 0 Å². The predicted molar refractivity (Wildman–Crippen MR) is 178 cm³/mol. The second kappa shape index (κ2) is 11.1. The van der Waals surface area contributed by atoms with Gasteiger partial charge in [-0.1, -0.05) is 82.3 Å². The van der Waals surface area contributed by atoms with Crippen LogP contribution in [0, 0.1) is 23.7 Å². The summed E-state index contributed by atoms with van der Waals surface area (Å²) < 4.78 is 0. The number of aromatic amines is 2. The van der Waals surface area contributed by atoms with E-state index >= 15 is 0 Å². The number of benzene rings is 2. The Kier molecular flexibility index (Phi) is 7.00. The van der Waals surface area contributed by atoms with Crippen LogP contribution in [0.4, 0.5) is 0 Å². The molecule has 5 atom stereocenters. The van der Waals surface area contributed by atoms with Gasteiger partial charge in [-0.05, 0) is 59.3 Å². The van der Waals surface area contributed by atoms with Crippen molar-refractivity contribution in [1.82, 2.24) is 29.7 Å². The first-order valence-electron chi connectivity index (χ1n) is 16.9. The van der Waals surface area contributed by atoms with Crippen LogP contribution in [0.5, 0.6) is 0 Å². The van der Waals surface area contributed by atoms with Gasteiger partial charge in [-0.2, -0.15) is 0 Å². The summed E-state index contributed by atoms with van der Waals surface area (Å²) in [6.45, 7) is 8.39. The summed E-state index contributed by atoms with van der Waals surface area (Å²) in [4.78, 5) is 46.6. The molecule has 2 aliphatic heterocycles. The molecule has 236 valence electrons. The molecule has 1 saturated carbocycles. The fourth-order valence-electron chi connectivity index (χ4n) is 7.63. The van der Waals surface area contributed by atoms with Crippen molar-refractivity contribution in [3.63, 3.8) is 0 Å². The Morgan fingerprint density at radius 1 is 0.717 bits per heavy atom.